The minimum atomic E-state index is -0.935. The average Bonchev–Trinajstić information content (AvgIpc) is 1.68. The number of nitrogens with one attached hydrogen (secondary N) is 1. The van der Waals surface area contributed by atoms with Crippen LogP contribution in [0.25, 0.3) is 9.80 Å². The first-order valence-electron chi connectivity index (χ1n) is 1.35. The maximum atomic E-state index is 9.73. The zero-order chi connectivity index (χ0) is 5.70. The van der Waals surface area contributed by atoms with E-state index in [9.17, 15) is 4.79 Å². The van der Waals surface area contributed by atoms with Crippen LogP contribution in [-0.4, -0.2) is 6.03 Å². The van der Waals surface area contributed by atoms with Gasteiger partial charge in [-0.3, -0.25) is 4.79 Å². The largest absolute Gasteiger partial charge is 0.507 e. The molecule has 0 spiro atoms. The van der Waals surface area contributed by atoms with Crippen molar-refractivity contribution in [2.45, 2.75) is 0 Å². The standard InChI is InChI=1S/C3HN3O/c1-4-3(7)6-5-2/h(H,6,7). The molecule has 2 amide bonds. The molecule has 0 rings (SSSR count). The lowest BCUT2D eigenvalue weighted by atomic mass is 11.1. The van der Waals surface area contributed by atoms with Gasteiger partial charge in [0, 0.05) is 5.43 Å². The van der Waals surface area contributed by atoms with E-state index < -0.39 is 6.03 Å². The van der Waals surface area contributed by atoms with Gasteiger partial charge in [-0.25, -0.2) is 0 Å². The molecule has 0 heterocycles. The van der Waals surface area contributed by atoms with E-state index in [-0.39, 0.29) is 0 Å². The van der Waals surface area contributed by atoms with Gasteiger partial charge in [0.05, 0.1) is 0 Å². The minimum absolute atomic E-state index is 0.935. The van der Waals surface area contributed by atoms with Gasteiger partial charge in [-0.05, 0) is 0 Å². The quantitative estimate of drug-likeness (QED) is 0.344. The van der Waals surface area contributed by atoms with Crippen LogP contribution in [0.15, 0.2) is 0 Å². The number of urea groups is 1. The maximum absolute atomic E-state index is 9.73. The smallest absolute Gasteiger partial charge is 0.323 e. The number of hydrogen-bond acceptors (Lipinski definition) is 1. The molecule has 0 aliphatic heterocycles. The van der Waals surface area contributed by atoms with Gasteiger partial charge < -0.3 is 4.85 Å². The molecule has 0 unspecified atom stereocenters. The van der Waals surface area contributed by atoms with Crippen molar-refractivity contribution in [1.29, 1.82) is 0 Å². The summed E-state index contributed by atoms with van der Waals surface area (Å²) < 4.78 is 0. The van der Waals surface area contributed by atoms with E-state index in [0.717, 1.165) is 0 Å². The first-order chi connectivity index (χ1) is 3.31. The predicted octanol–water partition coefficient (Wildman–Crippen LogP) is 0.450. The van der Waals surface area contributed by atoms with E-state index in [2.05, 4.69) is 9.80 Å². The minimum Gasteiger partial charge on any atom is -0.323 e. The zero-order valence-electron chi connectivity index (χ0n) is 3.30. The van der Waals surface area contributed by atoms with Crippen LogP contribution in [0, 0.1) is 13.1 Å². The summed E-state index contributed by atoms with van der Waals surface area (Å²) in [5.41, 5.74) is 1.59. The summed E-state index contributed by atoms with van der Waals surface area (Å²) in [6.07, 6.45) is 0. The monoisotopic (exact) mass is 95.0 g/mol. The normalized spacial score (nSPS) is 5.43. The van der Waals surface area contributed by atoms with Crippen LogP contribution in [0.2, 0.25) is 0 Å². The molecule has 0 aromatic heterocycles. The third kappa shape index (κ3) is 2.24. The lowest BCUT2D eigenvalue weighted by Gasteiger charge is -1.70. The molecular weight excluding hydrogens is 94.1 g/mol. The Bertz CT molecular complexity index is 149. The van der Waals surface area contributed by atoms with E-state index in [1.165, 1.54) is 0 Å². The van der Waals surface area contributed by atoms with E-state index in [1.54, 1.807) is 5.43 Å². The third-order valence-electron chi connectivity index (χ3n) is 0.253. The van der Waals surface area contributed by atoms with Crippen LogP contribution in [0.3, 0.4) is 0 Å². The van der Waals surface area contributed by atoms with E-state index in [0.29, 0.717) is 0 Å². The Labute approximate surface area is 40.4 Å². The van der Waals surface area contributed by atoms with Crippen LogP contribution in [0.5, 0.6) is 0 Å². The molecule has 4 nitrogen and oxygen atoms in total. The Kier molecular flexibility index (Phi) is 2.08. The Morgan fingerprint density at radius 3 is 2.29 bits per heavy atom. The highest BCUT2D eigenvalue weighted by molar-refractivity contribution is 5.84. The van der Waals surface area contributed by atoms with Crippen molar-refractivity contribution in [3.63, 3.8) is 0 Å². The van der Waals surface area contributed by atoms with Gasteiger partial charge >= 0.3 is 6.03 Å². The van der Waals surface area contributed by atoms with Crippen LogP contribution < -0.4 is 5.43 Å². The van der Waals surface area contributed by atoms with Crippen molar-refractivity contribution in [1.82, 2.24) is 5.43 Å². The second kappa shape index (κ2) is 2.67. The molecule has 0 aromatic rings. The summed E-state index contributed by atoms with van der Waals surface area (Å²) in [5.74, 6) is 0. The van der Waals surface area contributed by atoms with E-state index >= 15 is 0 Å². The summed E-state index contributed by atoms with van der Waals surface area (Å²) >= 11 is 0. The highest BCUT2D eigenvalue weighted by atomic mass is 16.2. The van der Waals surface area contributed by atoms with Crippen molar-refractivity contribution in [2.75, 3.05) is 0 Å². The molecule has 7 heavy (non-hydrogen) atoms. The molecule has 0 bridgehead atoms. The molecule has 0 aliphatic rings. The van der Waals surface area contributed by atoms with Crippen molar-refractivity contribution in [3.8, 4) is 0 Å². The fraction of sp³-hybridized carbons (Fsp3) is 0. The Morgan fingerprint density at radius 2 is 2.14 bits per heavy atom. The van der Waals surface area contributed by atoms with Gasteiger partial charge in [0.1, 0.15) is 0 Å². The summed E-state index contributed by atoms with van der Waals surface area (Å²) in [4.78, 5) is 14.5. The Morgan fingerprint density at radius 1 is 1.57 bits per heavy atom. The van der Waals surface area contributed by atoms with Gasteiger partial charge in [-0.1, -0.05) is 11.5 Å². The molecule has 1 N–H and O–H groups in total. The molecule has 0 aliphatic carbocycles. The topological polar surface area (TPSA) is 37.8 Å². The SMILES string of the molecule is [C-]#[N+]NC(=O)[N+]#[C-]. The van der Waals surface area contributed by atoms with Crippen LogP contribution in [0.1, 0.15) is 0 Å². The summed E-state index contributed by atoms with van der Waals surface area (Å²) in [7, 11) is 0. The van der Waals surface area contributed by atoms with E-state index in [4.69, 9.17) is 13.1 Å². The molecule has 0 saturated carbocycles. The van der Waals surface area contributed by atoms with Crippen LogP contribution in [-0.2, 0) is 0 Å². The molecule has 0 fully saturated rings. The summed E-state index contributed by atoms with van der Waals surface area (Å²) in [6.45, 7) is 12.0. The molecule has 0 aromatic carbocycles. The second-order valence-corrected chi connectivity index (χ2v) is 0.641. The molecule has 4 heteroatoms. The molecule has 0 atom stereocenters. The molecular formula is C3HN3O. The number of rotatable bonds is 0. The predicted molar refractivity (Wildman–Crippen MR) is 21.7 cm³/mol. The number of hydrogen-bond donors (Lipinski definition) is 1. The molecule has 0 saturated heterocycles. The van der Waals surface area contributed by atoms with Gasteiger partial charge in [-0.15, -0.1) is 0 Å². The van der Waals surface area contributed by atoms with Crippen molar-refractivity contribution in [2.24, 2.45) is 0 Å². The van der Waals surface area contributed by atoms with Crippen molar-refractivity contribution in [3.05, 3.63) is 22.9 Å². The lowest BCUT2D eigenvalue weighted by molar-refractivity contribution is 0.257. The zero-order valence-corrected chi connectivity index (χ0v) is 3.30. The number of nitrogens with zero attached hydrogens (tertiary/aromatic N) is 2. The second-order valence-electron chi connectivity index (χ2n) is 0.641. The van der Waals surface area contributed by atoms with Crippen LogP contribution >= 0.6 is 0 Å². The highest BCUT2D eigenvalue weighted by Gasteiger charge is 1.94. The average molecular weight is 95.1 g/mol. The van der Waals surface area contributed by atoms with Crippen molar-refractivity contribution >= 4 is 6.03 Å². The first-order valence-corrected chi connectivity index (χ1v) is 1.35. The van der Waals surface area contributed by atoms with Crippen LogP contribution in [0.4, 0.5) is 4.79 Å². The number of carbonyl (C=O) groups excluding carboxylic acids is 1. The summed E-state index contributed by atoms with van der Waals surface area (Å²) in [5, 5.41) is 0. The Balaban J connectivity index is 3.50. The summed E-state index contributed by atoms with van der Waals surface area (Å²) in [6, 6.07) is -0.935. The fourth-order valence-electron chi connectivity index (χ4n) is 0.0728. The first kappa shape index (κ1) is 5.45. The highest BCUT2D eigenvalue weighted by Crippen LogP contribution is 1.67. The number of carbonyl (C=O) groups is 1. The third-order valence-corrected chi connectivity index (χ3v) is 0.253. The lowest BCUT2D eigenvalue weighted by Crippen LogP contribution is -2.06. The molecule has 34 valence electrons. The maximum Gasteiger partial charge on any atom is 0.507 e. The fourth-order valence-corrected chi connectivity index (χ4v) is 0.0728. The van der Waals surface area contributed by atoms with Gasteiger partial charge in [-0.2, -0.15) is 6.57 Å². The van der Waals surface area contributed by atoms with Gasteiger partial charge in [0.25, 0.3) is 0 Å². The van der Waals surface area contributed by atoms with E-state index in [1.807, 2.05) is 0 Å². The van der Waals surface area contributed by atoms with Gasteiger partial charge in [0.15, 0.2) is 0 Å². The van der Waals surface area contributed by atoms with Gasteiger partial charge in [0.2, 0.25) is 0 Å². The Hall–Kier alpha value is -1.55. The van der Waals surface area contributed by atoms with Crippen molar-refractivity contribution < 1.29 is 4.79 Å². The number of amides is 2. The molecule has 0 radical (unpaired) electrons.